The Morgan fingerprint density at radius 1 is 1.40 bits per heavy atom. The van der Waals surface area contributed by atoms with Crippen LogP contribution in [-0.4, -0.2) is 19.7 Å². The molecule has 1 aromatic carbocycles. The first kappa shape index (κ1) is 17.8. The summed E-state index contributed by atoms with van der Waals surface area (Å²) in [6, 6.07) is 6.49. The Labute approximate surface area is 137 Å². The van der Waals surface area contributed by atoms with Gasteiger partial charge in [-0.15, -0.1) is 12.4 Å². The van der Waals surface area contributed by atoms with E-state index in [0.717, 1.165) is 36.3 Å². The van der Waals surface area contributed by atoms with Gasteiger partial charge in [-0.3, -0.25) is 0 Å². The van der Waals surface area contributed by atoms with Gasteiger partial charge in [-0.2, -0.15) is 0 Å². The van der Waals surface area contributed by atoms with Gasteiger partial charge in [0.05, 0.1) is 11.1 Å². The predicted octanol–water partition coefficient (Wildman–Crippen LogP) is 4.55. The highest BCUT2D eigenvalue weighted by molar-refractivity contribution is 9.10. The summed E-state index contributed by atoms with van der Waals surface area (Å²) in [5, 5.41) is 3.37. The number of hydrogen-bond acceptors (Lipinski definition) is 2. The minimum Gasteiger partial charge on any atom is -0.492 e. The summed E-state index contributed by atoms with van der Waals surface area (Å²) in [7, 11) is 0. The fourth-order valence-corrected chi connectivity index (χ4v) is 2.80. The molecule has 0 aromatic heterocycles. The third kappa shape index (κ3) is 4.37. The Kier molecular flexibility index (Phi) is 6.83. The van der Waals surface area contributed by atoms with Crippen LogP contribution >= 0.6 is 28.3 Å². The lowest BCUT2D eigenvalue weighted by molar-refractivity contribution is 0.258. The van der Waals surface area contributed by atoms with E-state index >= 15 is 0 Å². The van der Waals surface area contributed by atoms with Crippen molar-refractivity contribution in [3.05, 3.63) is 28.2 Å². The molecule has 114 valence electrons. The zero-order valence-corrected chi connectivity index (χ0v) is 14.9. The Bertz CT molecular complexity index is 430. The van der Waals surface area contributed by atoms with Crippen LogP contribution in [0.15, 0.2) is 22.7 Å². The van der Waals surface area contributed by atoms with E-state index in [0.29, 0.717) is 5.92 Å². The summed E-state index contributed by atoms with van der Waals surface area (Å²) in [4.78, 5) is 0. The van der Waals surface area contributed by atoms with Crippen LogP contribution in [0.5, 0.6) is 5.75 Å². The van der Waals surface area contributed by atoms with Gasteiger partial charge in [0.15, 0.2) is 0 Å². The SMILES string of the molecule is CCC(C)(C)c1ccc(OCC2CCNC2)c(Br)c1.Cl. The molecule has 1 N–H and O–H groups in total. The number of rotatable bonds is 5. The molecule has 2 nitrogen and oxygen atoms in total. The molecule has 0 bridgehead atoms. The van der Waals surface area contributed by atoms with E-state index in [1.807, 2.05) is 0 Å². The van der Waals surface area contributed by atoms with Gasteiger partial charge in [0.25, 0.3) is 0 Å². The molecule has 0 saturated carbocycles. The number of nitrogens with one attached hydrogen (secondary N) is 1. The van der Waals surface area contributed by atoms with Crippen molar-refractivity contribution in [2.24, 2.45) is 5.92 Å². The van der Waals surface area contributed by atoms with Crippen LogP contribution in [0.25, 0.3) is 0 Å². The number of benzene rings is 1. The van der Waals surface area contributed by atoms with Crippen LogP contribution < -0.4 is 10.1 Å². The van der Waals surface area contributed by atoms with E-state index in [9.17, 15) is 0 Å². The lowest BCUT2D eigenvalue weighted by Gasteiger charge is -2.24. The maximum Gasteiger partial charge on any atom is 0.133 e. The number of halogens is 2. The summed E-state index contributed by atoms with van der Waals surface area (Å²) in [5.74, 6) is 1.61. The zero-order valence-electron chi connectivity index (χ0n) is 12.5. The molecule has 20 heavy (non-hydrogen) atoms. The van der Waals surface area contributed by atoms with E-state index in [4.69, 9.17) is 4.74 Å². The van der Waals surface area contributed by atoms with Crippen LogP contribution in [-0.2, 0) is 5.41 Å². The average molecular weight is 363 g/mol. The Morgan fingerprint density at radius 3 is 2.70 bits per heavy atom. The lowest BCUT2D eigenvalue weighted by atomic mass is 9.82. The second-order valence-electron chi connectivity index (χ2n) is 6.05. The normalized spacial score (nSPS) is 18.7. The molecule has 0 spiro atoms. The highest BCUT2D eigenvalue weighted by atomic mass is 79.9. The van der Waals surface area contributed by atoms with Gasteiger partial charge in [0, 0.05) is 12.5 Å². The van der Waals surface area contributed by atoms with Crippen molar-refractivity contribution in [3.63, 3.8) is 0 Å². The molecular formula is C16H25BrClNO. The second-order valence-corrected chi connectivity index (χ2v) is 6.91. The van der Waals surface area contributed by atoms with Crippen LogP contribution in [0.4, 0.5) is 0 Å². The Balaban J connectivity index is 0.00000200. The quantitative estimate of drug-likeness (QED) is 0.830. The minimum absolute atomic E-state index is 0. The lowest BCUT2D eigenvalue weighted by Crippen LogP contribution is -2.17. The molecule has 1 atom stereocenters. The maximum atomic E-state index is 5.94. The Morgan fingerprint density at radius 2 is 2.15 bits per heavy atom. The fraction of sp³-hybridized carbons (Fsp3) is 0.625. The van der Waals surface area contributed by atoms with Crippen LogP contribution in [0.3, 0.4) is 0 Å². The average Bonchev–Trinajstić information content (AvgIpc) is 2.90. The third-order valence-electron chi connectivity index (χ3n) is 4.23. The van der Waals surface area contributed by atoms with Gasteiger partial charge in [0.1, 0.15) is 5.75 Å². The van der Waals surface area contributed by atoms with Crippen LogP contribution in [0.2, 0.25) is 0 Å². The standard InChI is InChI=1S/C16H24BrNO.ClH/c1-4-16(2,3)13-5-6-15(14(17)9-13)19-11-12-7-8-18-10-12;/h5-6,9,12,18H,4,7-8,10-11H2,1-3H3;1H. The fourth-order valence-electron chi connectivity index (χ4n) is 2.31. The highest BCUT2D eigenvalue weighted by Gasteiger charge is 2.20. The predicted molar refractivity (Wildman–Crippen MR) is 91.2 cm³/mol. The molecule has 1 aromatic rings. The van der Waals surface area contributed by atoms with Crippen molar-refractivity contribution >= 4 is 28.3 Å². The largest absolute Gasteiger partial charge is 0.492 e. The van der Waals surface area contributed by atoms with E-state index in [-0.39, 0.29) is 17.8 Å². The summed E-state index contributed by atoms with van der Waals surface area (Å²) < 4.78 is 7.00. The molecule has 1 heterocycles. The van der Waals surface area contributed by atoms with Crippen molar-refractivity contribution in [2.45, 2.75) is 39.0 Å². The topological polar surface area (TPSA) is 21.3 Å². The summed E-state index contributed by atoms with van der Waals surface area (Å²) in [6.07, 6.45) is 2.35. The first-order valence-electron chi connectivity index (χ1n) is 7.16. The minimum atomic E-state index is 0. The van der Waals surface area contributed by atoms with Gasteiger partial charge in [-0.1, -0.05) is 26.8 Å². The smallest absolute Gasteiger partial charge is 0.133 e. The second kappa shape index (κ2) is 7.67. The van der Waals surface area contributed by atoms with E-state index in [2.05, 4.69) is 60.2 Å². The molecule has 1 aliphatic rings. The highest BCUT2D eigenvalue weighted by Crippen LogP contribution is 2.33. The van der Waals surface area contributed by atoms with Crippen molar-refractivity contribution < 1.29 is 4.74 Å². The van der Waals surface area contributed by atoms with Crippen molar-refractivity contribution in [3.8, 4) is 5.75 Å². The molecular weight excluding hydrogens is 338 g/mol. The summed E-state index contributed by atoms with van der Waals surface area (Å²) in [5.41, 5.74) is 1.58. The molecule has 0 amide bonds. The van der Waals surface area contributed by atoms with Gasteiger partial charge >= 0.3 is 0 Å². The molecule has 0 aliphatic carbocycles. The Hall–Kier alpha value is -0.250. The zero-order chi connectivity index (χ0) is 13.9. The molecule has 4 heteroatoms. The first-order chi connectivity index (χ1) is 9.03. The van der Waals surface area contributed by atoms with Crippen molar-refractivity contribution in [1.82, 2.24) is 5.32 Å². The summed E-state index contributed by atoms with van der Waals surface area (Å²) in [6.45, 7) is 9.80. The molecule has 0 radical (unpaired) electrons. The molecule has 1 fully saturated rings. The van der Waals surface area contributed by atoms with E-state index < -0.39 is 0 Å². The van der Waals surface area contributed by atoms with Gasteiger partial charge in [0.2, 0.25) is 0 Å². The van der Waals surface area contributed by atoms with Crippen molar-refractivity contribution in [2.75, 3.05) is 19.7 Å². The number of hydrogen-bond donors (Lipinski definition) is 1. The number of ether oxygens (including phenoxy) is 1. The van der Waals surface area contributed by atoms with Gasteiger partial charge < -0.3 is 10.1 Å². The van der Waals surface area contributed by atoms with Crippen LogP contribution in [0, 0.1) is 5.92 Å². The molecule has 1 unspecified atom stereocenters. The van der Waals surface area contributed by atoms with Crippen LogP contribution in [0.1, 0.15) is 39.2 Å². The first-order valence-corrected chi connectivity index (χ1v) is 7.96. The molecule has 2 rings (SSSR count). The maximum absolute atomic E-state index is 5.94. The van der Waals surface area contributed by atoms with Gasteiger partial charge in [-0.25, -0.2) is 0 Å². The van der Waals surface area contributed by atoms with E-state index in [1.54, 1.807) is 0 Å². The van der Waals surface area contributed by atoms with E-state index in [1.165, 1.54) is 12.0 Å². The van der Waals surface area contributed by atoms with Gasteiger partial charge in [-0.05, 0) is 58.4 Å². The molecule has 1 aliphatic heterocycles. The summed E-state index contributed by atoms with van der Waals surface area (Å²) >= 11 is 3.64. The monoisotopic (exact) mass is 361 g/mol. The molecule has 1 saturated heterocycles. The van der Waals surface area contributed by atoms with Crippen molar-refractivity contribution in [1.29, 1.82) is 0 Å². The third-order valence-corrected chi connectivity index (χ3v) is 4.85.